The zero-order chi connectivity index (χ0) is 23.5. The number of rotatable bonds is 6. The average Bonchev–Trinajstić information content (AvgIpc) is 3.20. The monoisotopic (exact) mass is 480 g/mol. The third-order valence-electron chi connectivity index (χ3n) is 5.22. The molecule has 1 N–H and O–H groups in total. The maximum Gasteiger partial charge on any atom is 0.248 e. The Morgan fingerprint density at radius 1 is 1.09 bits per heavy atom. The van der Waals surface area contributed by atoms with Crippen molar-refractivity contribution in [2.75, 3.05) is 12.4 Å². The molecule has 0 radical (unpaired) electrons. The molecular formula is C25H22Cl2N4O2. The highest BCUT2D eigenvalue weighted by atomic mass is 35.5. The van der Waals surface area contributed by atoms with Crippen molar-refractivity contribution in [3.8, 4) is 11.4 Å². The Hall–Kier alpha value is -3.35. The van der Waals surface area contributed by atoms with Crippen molar-refractivity contribution < 1.29 is 9.53 Å². The number of nitrogens with zero attached hydrogens (tertiary/aromatic N) is 3. The highest BCUT2D eigenvalue weighted by molar-refractivity contribution is 6.36. The lowest BCUT2D eigenvalue weighted by molar-refractivity contribution is -0.111. The van der Waals surface area contributed by atoms with Crippen molar-refractivity contribution in [2.24, 2.45) is 0 Å². The first-order valence-corrected chi connectivity index (χ1v) is 11.1. The van der Waals surface area contributed by atoms with Crippen LogP contribution in [0.1, 0.15) is 23.6 Å². The Bertz CT molecular complexity index is 1360. The zero-order valence-electron chi connectivity index (χ0n) is 18.4. The van der Waals surface area contributed by atoms with Crippen LogP contribution in [0.2, 0.25) is 10.0 Å². The molecule has 0 saturated carbocycles. The van der Waals surface area contributed by atoms with Gasteiger partial charge in [0.15, 0.2) is 0 Å². The molecule has 0 aliphatic heterocycles. The number of methoxy groups -OCH3 is 1. The first-order valence-electron chi connectivity index (χ1n) is 10.4. The number of aryl methyl sites for hydroxylation is 2. The molecule has 0 saturated heterocycles. The molecule has 0 bridgehead atoms. The fourth-order valence-corrected chi connectivity index (χ4v) is 4.03. The van der Waals surface area contributed by atoms with Gasteiger partial charge in [0.25, 0.3) is 0 Å². The number of amides is 1. The molecule has 3 aromatic carbocycles. The lowest BCUT2D eigenvalue weighted by Crippen LogP contribution is -2.09. The molecule has 1 amide bonds. The lowest BCUT2D eigenvalue weighted by atomic mass is 10.1. The molecule has 0 aliphatic rings. The van der Waals surface area contributed by atoms with Crippen molar-refractivity contribution in [3.63, 3.8) is 0 Å². The zero-order valence-corrected chi connectivity index (χ0v) is 19.9. The van der Waals surface area contributed by atoms with Crippen LogP contribution in [0, 0.1) is 6.92 Å². The number of carbonyl (C=O) groups is 1. The summed E-state index contributed by atoms with van der Waals surface area (Å²) in [5, 5.41) is 12.9. The van der Waals surface area contributed by atoms with Gasteiger partial charge in [-0.25, -0.2) is 0 Å². The number of hydrogen-bond donors (Lipinski definition) is 1. The number of anilines is 1. The summed E-state index contributed by atoms with van der Waals surface area (Å²) in [5.41, 5.74) is 5.70. The van der Waals surface area contributed by atoms with E-state index in [4.69, 9.17) is 27.9 Å². The molecule has 0 spiro atoms. The maximum absolute atomic E-state index is 12.6. The second-order valence-corrected chi connectivity index (χ2v) is 8.34. The maximum atomic E-state index is 12.6. The summed E-state index contributed by atoms with van der Waals surface area (Å²) in [6.07, 6.45) is 3.99. The smallest absolute Gasteiger partial charge is 0.248 e. The van der Waals surface area contributed by atoms with Gasteiger partial charge in [0, 0.05) is 22.3 Å². The summed E-state index contributed by atoms with van der Waals surface area (Å²) in [4.78, 5) is 14.2. The van der Waals surface area contributed by atoms with Crippen LogP contribution in [0.3, 0.4) is 0 Å². The Morgan fingerprint density at radius 2 is 1.79 bits per heavy atom. The van der Waals surface area contributed by atoms with Crippen LogP contribution in [0.5, 0.6) is 5.75 Å². The van der Waals surface area contributed by atoms with E-state index in [-0.39, 0.29) is 5.91 Å². The number of hydrogen-bond acceptors (Lipinski definition) is 4. The number of ether oxygens (including phenoxy) is 1. The van der Waals surface area contributed by atoms with Crippen LogP contribution in [0.25, 0.3) is 22.8 Å². The van der Waals surface area contributed by atoms with Gasteiger partial charge in [0.2, 0.25) is 5.91 Å². The molecule has 1 heterocycles. The largest absolute Gasteiger partial charge is 0.495 e. The van der Waals surface area contributed by atoms with E-state index in [1.807, 2.05) is 31.2 Å². The summed E-state index contributed by atoms with van der Waals surface area (Å²) < 4.78 is 5.31. The van der Waals surface area contributed by atoms with Gasteiger partial charge in [-0.2, -0.15) is 4.80 Å². The van der Waals surface area contributed by atoms with Gasteiger partial charge < -0.3 is 10.1 Å². The first-order chi connectivity index (χ1) is 15.9. The van der Waals surface area contributed by atoms with E-state index in [9.17, 15) is 4.79 Å². The Balaban J connectivity index is 1.56. The fourth-order valence-electron chi connectivity index (χ4n) is 3.44. The molecule has 0 aliphatic carbocycles. The van der Waals surface area contributed by atoms with Crippen molar-refractivity contribution in [2.45, 2.75) is 20.3 Å². The van der Waals surface area contributed by atoms with E-state index >= 15 is 0 Å². The van der Waals surface area contributed by atoms with E-state index in [0.717, 1.165) is 23.2 Å². The molecule has 8 heteroatoms. The predicted octanol–water partition coefficient (Wildman–Crippen LogP) is 6.26. The molecule has 0 atom stereocenters. The predicted molar refractivity (Wildman–Crippen MR) is 134 cm³/mol. The molecular weight excluding hydrogens is 459 g/mol. The topological polar surface area (TPSA) is 69.0 Å². The minimum atomic E-state index is -0.307. The number of carbonyl (C=O) groups excluding carboxylic acids is 1. The van der Waals surface area contributed by atoms with Gasteiger partial charge in [-0.3, -0.25) is 4.79 Å². The van der Waals surface area contributed by atoms with Crippen LogP contribution >= 0.6 is 23.2 Å². The molecule has 168 valence electrons. The van der Waals surface area contributed by atoms with Crippen LogP contribution in [0.15, 0.2) is 54.6 Å². The number of benzene rings is 3. The molecule has 0 fully saturated rings. The third kappa shape index (κ3) is 5.02. The molecule has 33 heavy (non-hydrogen) atoms. The average molecular weight is 481 g/mol. The van der Waals surface area contributed by atoms with Gasteiger partial charge in [-0.05, 0) is 66.9 Å². The van der Waals surface area contributed by atoms with Gasteiger partial charge in [0.05, 0.1) is 17.8 Å². The summed E-state index contributed by atoms with van der Waals surface area (Å²) in [6, 6.07) is 15.1. The third-order valence-corrected chi connectivity index (χ3v) is 5.71. The summed E-state index contributed by atoms with van der Waals surface area (Å²) in [5.74, 6) is 0.143. The number of nitrogens with one attached hydrogen (secondary N) is 1. The van der Waals surface area contributed by atoms with Crippen molar-refractivity contribution in [3.05, 3.63) is 81.3 Å². The Labute approximate surface area is 201 Å². The van der Waals surface area contributed by atoms with E-state index in [1.54, 1.807) is 23.0 Å². The lowest BCUT2D eigenvalue weighted by Gasteiger charge is -2.08. The van der Waals surface area contributed by atoms with Crippen LogP contribution in [-0.4, -0.2) is 28.0 Å². The molecule has 4 aromatic rings. The number of aromatic nitrogens is 3. The standard InChI is InChI=1S/C25H22Cl2N4O2/c1-4-16-5-8-19(9-6-16)31-29-22-11-15(2)21(14-23(22)30-31)28-24(32)10-7-17-12-18(26)13-20(27)25(17)33-3/h5-14H,4H2,1-3H3,(H,28,32). The summed E-state index contributed by atoms with van der Waals surface area (Å²) in [7, 11) is 1.51. The van der Waals surface area contributed by atoms with Crippen LogP contribution in [0.4, 0.5) is 5.69 Å². The second-order valence-electron chi connectivity index (χ2n) is 7.50. The summed E-state index contributed by atoms with van der Waals surface area (Å²) in [6.45, 7) is 4.03. The van der Waals surface area contributed by atoms with Crippen molar-refractivity contribution in [1.29, 1.82) is 0 Å². The van der Waals surface area contributed by atoms with Gasteiger partial charge in [-0.15, -0.1) is 10.2 Å². The molecule has 4 rings (SSSR count). The number of halogens is 2. The SMILES string of the molecule is CCc1ccc(-n2nc3cc(C)c(NC(=O)C=Cc4cc(Cl)cc(Cl)c4OC)cc3n2)cc1. The van der Waals surface area contributed by atoms with Gasteiger partial charge in [-0.1, -0.05) is 42.3 Å². The Kier molecular flexibility index (Phi) is 6.67. The van der Waals surface area contributed by atoms with Gasteiger partial charge in [0.1, 0.15) is 16.8 Å². The van der Waals surface area contributed by atoms with Crippen molar-refractivity contribution in [1.82, 2.24) is 15.0 Å². The van der Waals surface area contributed by atoms with Crippen LogP contribution in [-0.2, 0) is 11.2 Å². The highest BCUT2D eigenvalue weighted by Gasteiger charge is 2.11. The normalized spacial score (nSPS) is 11.3. The van der Waals surface area contributed by atoms with Gasteiger partial charge >= 0.3 is 0 Å². The fraction of sp³-hybridized carbons (Fsp3) is 0.160. The summed E-state index contributed by atoms with van der Waals surface area (Å²) >= 11 is 12.2. The van der Waals surface area contributed by atoms with E-state index < -0.39 is 0 Å². The second kappa shape index (κ2) is 9.65. The Morgan fingerprint density at radius 3 is 2.45 bits per heavy atom. The molecule has 0 unspecified atom stereocenters. The number of fused-ring (bicyclic) bond motifs is 1. The quantitative estimate of drug-likeness (QED) is 0.330. The van der Waals surface area contributed by atoms with Crippen LogP contribution < -0.4 is 10.1 Å². The molecule has 6 nitrogen and oxygen atoms in total. The minimum Gasteiger partial charge on any atom is -0.495 e. The van der Waals surface area contributed by atoms with E-state index in [2.05, 4.69) is 34.6 Å². The highest BCUT2D eigenvalue weighted by Crippen LogP contribution is 2.33. The molecule has 1 aromatic heterocycles. The van der Waals surface area contributed by atoms with E-state index in [1.165, 1.54) is 18.7 Å². The van der Waals surface area contributed by atoms with E-state index in [0.29, 0.717) is 32.6 Å². The van der Waals surface area contributed by atoms with Crippen molar-refractivity contribution >= 4 is 51.9 Å². The first kappa shape index (κ1) is 22.8. The minimum absolute atomic E-state index is 0.307.